The van der Waals surface area contributed by atoms with Crippen LogP contribution in [0.25, 0.3) is 0 Å². The average molecular weight is 301 g/mol. The fourth-order valence-corrected chi connectivity index (χ4v) is 2.11. The van der Waals surface area contributed by atoms with E-state index in [0.717, 1.165) is 18.7 Å². The summed E-state index contributed by atoms with van der Waals surface area (Å²) in [5.74, 6) is 0. The SMILES string of the molecule is Cl.O=C(OCc1ccccc1)N1CCN(CCO)CC1. The molecule has 1 saturated heterocycles. The van der Waals surface area contributed by atoms with Crippen LogP contribution in [0.4, 0.5) is 4.79 Å². The Hall–Kier alpha value is -1.30. The van der Waals surface area contributed by atoms with Crippen LogP contribution in [0.1, 0.15) is 5.56 Å². The van der Waals surface area contributed by atoms with Crippen molar-refractivity contribution in [2.75, 3.05) is 39.3 Å². The zero-order chi connectivity index (χ0) is 13.5. The van der Waals surface area contributed by atoms with E-state index >= 15 is 0 Å². The molecule has 20 heavy (non-hydrogen) atoms. The molecule has 0 atom stereocenters. The predicted octanol–water partition coefficient (Wildman–Crippen LogP) is 1.35. The van der Waals surface area contributed by atoms with Crippen molar-refractivity contribution in [1.82, 2.24) is 9.80 Å². The molecule has 0 radical (unpaired) electrons. The number of rotatable bonds is 4. The topological polar surface area (TPSA) is 53.0 Å². The van der Waals surface area contributed by atoms with Crippen LogP contribution in [0.15, 0.2) is 30.3 Å². The Labute approximate surface area is 125 Å². The number of β-amino-alcohol motifs (C(OH)–C–C–N with tert-alkyl or cyclic N) is 1. The van der Waals surface area contributed by atoms with Crippen LogP contribution < -0.4 is 0 Å². The summed E-state index contributed by atoms with van der Waals surface area (Å²) in [6.07, 6.45) is -0.257. The standard InChI is InChI=1S/C14H20N2O3.ClH/c17-11-10-15-6-8-16(9-7-15)14(18)19-12-13-4-2-1-3-5-13;/h1-5,17H,6-12H2;1H. The molecular weight excluding hydrogens is 280 g/mol. The van der Waals surface area contributed by atoms with E-state index in [9.17, 15) is 4.79 Å². The number of piperazine rings is 1. The molecule has 0 bridgehead atoms. The molecule has 1 N–H and O–H groups in total. The summed E-state index contributed by atoms with van der Waals surface area (Å²) in [5.41, 5.74) is 0.995. The maximum Gasteiger partial charge on any atom is 0.410 e. The second-order valence-corrected chi connectivity index (χ2v) is 4.59. The van der Waals surface area contributed by atoms with Gasteiger partial charge in [0.05, 0.1) is 6.61 Å². The van der Waals surface area contributed by atoms with E-state index in [0.29, 0.717) is 26.2 Å². The first kappa shape index (κ1) is 16.8. The monoisotopic (exact) mass is 300 g/mol. The molecule has 0 unspecified atom stereocenters. The van der Waals surface area contributed by atoms with Crippen molar-refractivity contribution >= 4 is 18.5 Å². The van der Waals surface area contributed by atoms with Crippen LogP contribution in [-0.4, -0.2) is 60.3 Å². The lowest BCUT2D eigenvalue weighted by Gasteiger charge is -2.33. The summed E-state index contributed by atoms with van der Waals surface area (Å²) in [7, 11) is 0. The molecule has 6 heteroatoms. The minimum absolute atomic E-state index is 0. The highest BCUT2D eigenvalue weighted by Crippen LogP contribution is 2.06. The normalized spacial score (nSPS) is 15.6. The minimum Gasteiger partial charge on any atom is -0.445 e. The van der Waals surface area contributed by atoms with Crippen LogP contribution in [0.2, 0.25) is 0 Å². The molecule has 112 valence electrons. The number of aliphatic hydroxyl groups excluding tert-OH is 1. The van der Waals surface area contributed by atoms with E-state index in [-0.39, 0.29) is 25.1 Å². The molecule has 1 aromatic carbocycles. The summed E-state index contributed by atoms with van der Waals surface area (Å²) in [6, 6.07) is 9.66. The highest BCUT2D eigenvalue weighted by atomic mass is 35.5. The zero-order valence-corrected chi connectivity index (χ0v) is 12.2. The number of nitrogens with zero attached hydrogens (tertiary/aromatic N) is 2. The van der Waals surface area contributed by atoms with Crippen molar-refractivity contribution in [3.63, 3.8) is 0 Å². The van der Waals surface area contributed by atoms with Gasteiger partial charge in [0.2, 0.25) is 0 Å². The third kappa shape index (κ3) is 5.00. The zero-order valence-electron chi connectivity index (χ0n) is 11.4. The summed E-state index contributed by atoms with van der Waals surface area (Å²) >= 11 is 0. The highest BCUT2D eigenvalue weighted by Gasteiger charge is 2.21. The van der Waals surface area contributed by atoms with Gasteiger partial charge in [0.25, 0.3) is 0 Å². The number of hydrogen-bond acceptors (Lipinski definition) is 4. The molecule has 2 rings (SSSR count). The molecule has 0 spiro atoms. The first-order valence-corrected chi connectivity index (χ1v) is 6.58. The second kappa shape index (κ2) is 8.79. The van der Waals surface area contributed by atoms with Crippen molar-refractivity contribution in [3.8, 4) is 0 Å². The molecule has 0 saturated carbocycles. The lowest BCUT2D eigenvalue weighted by atomic mass is 10.2. The molecule has 5 nitrogen and oxygen atoms in total. The molecule has 0 aromatic heterocycles. The van der Waals surface area contributed by atoms with Gasteiger partial charge in [0.1, 0.15) is 6.61 Å². The molecule has 1 fully saturated rings. The number of hydrogen-bond donors (Lipinski definition) is 1. The van der Waals surface area contributed by atoms with Crippen molar-refractivity contribution in [1.29, 1.82) is 0 Å². The number of halogens is 1. The maximum atomic E-state index is 11.9. The smallest absolute Gasteiger partial charge is 0.410 e. The molecule has 1 aromatic rings. The maximum absolute atomic E-state index is 11.9. The Bertz CT molecular complexity index is 395. The largest absolute Gasteiger partial charge is 0.445 e. The van der Waals surface area contributed by atoms with Gasteiger partial charge in [-0.1, -0.05) is 30.3 Å². The van der Waals surface area contributed by atoms with E-state index in [1.165, 1.54) is 0 Å². The quantitative estimate of drug-likeness (QED) is 0.912. The highest BCUT2D eigenvalue weighted by molar-refractivity contribution is 5.85. The first-order chi connectivity index (χ1) is 9.29. The number of aliphatic hydroxyl groups is 1. The van der Waals surface area contributed by atoms with Gasteiger partial charge >= 0.3 is 6.09 Å². The Morgan fingerprint density at radius 2 is 1.80 bits per heavy atom. The van der Waals surface area contributed by atoms with Crippen LogP contribution in [-0.2, 0) is 11.3 Å². The van der Waals surface area contributed by atoms with E-state index in [2.05, 4.69) is 4.90 Å². The van der Waals surface area contributed by atoms with Gasteiger partial charge in [-0.25, -0.2) is 4.79 Å². The first-order valence-electron chi connectivity index (χ1n) is 6.58. The Morgan fingerprint density at radius 1 is 1.15 bits per heavy atom. The third-order valence-electron chi connectivity index (χ3n) is 3.25. The predicted molar refractivity (Wildman–Crippen MR) is 79.0 cm³/mol. The van der Waals surface area contributed by atoms with Crippen LogP contribution in [0.3, 0.4) is 0 Å². The number of amides is 1. The summed E-state index contributed by atoms with van der Waals surface area (Å²) in [5, 5.41) is 8.86. The summed E-state index contributed by atoms with van der Waals surface area (Å²) in [4.78, 5) is 15.7. The van der Waals surface area contributed by atoms with Crippen molar-refractivity contribution in [2.24, 2.45) is 0 Å². The van der Waals surface area contributed by atoms with Crippen LogP contribution in [0.5, 0.6) is 0 Å². The van der Waals surface area contributed by atoms with Gasteiger partial charge in [0.15, 0.2) is 0 Å². The molecule has 1 heterocycles. The Balaban J connectivity index is 0.00000200. The molecular formula is C14H21ClN2O3. The summed E-state index contributed by atoms with van der Waals surface area (Å²) in [6.45, 7) is 4.06. The van der Waals surface area contributed by atoms with Gasteiger partial charge in [-0.3, -0.25) is 4.90 Å². The van der Waals surface area contributed by atoms with Crippen LogP contribution >= 0.6 is 12.4 Å². The fraction of sp³-hybridized carbons (Fsp3) is 0.500. The van der Waals surface area contributed by atoms with Crippen molar-refractivity contribution in [2.45, 2.75) is 6.61 Å². The van der Waals surface area contributed by atoms with Crippen molar-refractivity contribution in [3.05, 3.63) is 35.9 Å². The molecule has 1 amide bonds. The van der Waals surface area contributed by atoms with Gasteiger partial charge in [0, 0.05) is 32.7 Å². The van der Waals surface area contributed by atoms with E-state index in [4.69, 9.17) is 9.84 Å². The van der Waals surface area contributed by atoms with E-state index < -0.39 is 0 Å². The number of ether oxygens (including phenoxy) is 1. The summed E-state index contributed by atoms with van der Waals surface area (Å²) < 4.78 is 5.28. The van der Waals surface area contributed by atoms with Gasteiger partial charge in [-0.05, 0) is 5.56 Å². The van der Waals surface area contributed by atoms with Gasteiger partial charge in [-0.15, -0.1) is 12.4 Å². The van der Waals surface area contributed by atoms with Gasteiger partial charge in [-0.2, -0.15) is 0 Å². The fourth-order valence-electron chi connectivity index (χ4n) is 2.11. The van der Waals surface area contributed by atoms with E-state index in [1.54, 1.807) is 4.90 Å². The number of benzene rings is 1. The lowest BCUT2D eigenvalue weighted by Crippen LogP contribution is -2.49. The average Bonchev–Trinajstić information content (AvgIpc) is 2.47. The molecule has 1 aliphatic rings. The molecule has 1 aliphatic heterocycles. The lowest BCUT2D eigenvalue weighted by molar-refractivity contribution is 0.0674. The van der Waals surface area contributed by atoms with Crippen molar-refractivity contribution < 1.29 is 14.6 Å². The second-order valence-electron chi connectivity index (χ2n) is 4.59. The molecule has 0 aliphatic carbocycles. The number of carbonyl (C=O) groups is 1. The van der Waals surface area contributed by atoms with Gasteiger partial charge < -0.3 is 14.7 Å². The van der Waals surface area contributed by atoms with Crippen LogP contribution in [0, 0.1) is 0 Å². The Morgan fingerprint density at radius 3 is 2.40 bits per heavy atom. The van der Waals surface area contributed by atoms with E-state index in [1.807, 2.05) is 30.3 Å². The third-order valence-corrected chi connectivity index (χ3v) is 3.25. The number of carbonyl (C=O) groups excluding carboxylic acids is 1. The Kier molecular flexibility index (Phi) is 7.36. The minimum atomic E-state index is -0.257.